The van der Waals surface area contributed by atoms with E-state index in [1.807, 2.05) is 38.1 Å². The van der Waals surface area contributed by atoms with Crippen molar-refractivity contribution in [1.29, 1.82) is 0 Å². The van der Waals surface area contributed by atoms with Crippen LogP contribution >= 0.6 is 15.9 Å². The summed E-state index contributed by atoms with van der Waals surface area (Å²) in [6.45, 7) is 7.86. The molecular weight excluding hydrogens is 330 g/mol. The Bertz CT molecular complexity index is 500. The summed E-state index contributed by atoms with van der Waals surface area (Å²) in [6, 6.07) is 8.15. The third-order valence-electron chi connectivity index (χ3n) is 3.02. The standard InChI is InChI=1S/C17H24BrNO2/c1-13(2)16(6-5-11-18)19-15-9-7-14(8-10-15)12-17(3,4)21-20/h5-10,19-20H,11-12H2,1-4H3/b6-5-. The zero-order valence-corrected chi connectivity index (χ0v) is 14.7. The Morgan fingerprint density at radius 1 is 1.29 bits per heavy atom. The molecule has 1 aromatic rings. The lowest BCUT2D eigenvalue weighted by Crippen LogP contribution is -2.25. The maximum Gasteiger partial charge on any atom is 0.102 e. The van der Waals surface area contributed by atoms with Gasteiger partial charge in [-0.15, -0.1) is 0 Å². The minimum absolute atomic E-state index is 0.571. The molecule has 0 aromatic heterocycles. The third-order valence-corrected chi connectivity index (χ3v) is 3.40. The molecule has 21 heavy (non-hydrogen) atoms. The van der Waals surface area contributed by atoms with Crippen molar-refractivity contribution >= 4 is 21.6 Å². The summed E-state index contributed by atoms with van der Waals surface area (Å²) in [7, 11) is 0. The molecule has 0 atom stereocenters. The van der Waals surface area contributed by atoms with Crippen molar-refractivity contribution in [3.05, 3.63) is 53.3 Å². The summed E-state index contributed by atoms with van der Waals surface area (Å²) < 4.78 is 0. The Balaban J connectivity index is 2.79. The first-order valence-electron chi connectivity index (χ1n) is 6.96. The maximum absolute atomic E-state index is 8.84. The number of anilines is 1. The molecule has 0 bridgehead atoms. The molecule has 0 heterocycles. The largest absolute Gasteiger partial charge is 0.356 e. The number of rotatable bonds is 7. The molecule has 0 aliphatic carbocycles. The Kier molecular flexibility index (Phi) is 7.15. The predicted octanol–water partition coefficient (Wildman–Crippen LogP) is 5.15. The topological polar surface area (TPSA) is 41.5 Å². The Labute approximate surface area is 135 Å². The van der Waals surface area contributed by atoms with Gasteiger partial charge in [0.2, 0.25) is 0 Å². The Morgan fingerprint density at radius 2 is 1.90 bits per heavy atom. The number of allylic oxidation sites excluding steroid dienone is 3. The molecule has 2 N–H and O–H groups in total. The molecule has 0 aliphatic rings. The van der Waals surface area contributed by atoms with Crippen molar-refractivity contribution < 1.29 is 10.1 Å². The molecule has 0 spiro atoms. The van der Waals surface area contributed by atoms with Crippen LogP contribution in [0.3, 0.4) is 0 Å². The minimum atomic E-state index is -0.571. The van der Waals surface area contributed by atoms with Gasteiger partial charge >= 0.3 is 0 Å². The van der Waals surface area contributed by atoms with Gasteiger partial charge < -0.3 is 5.32 Å². The van der Waals surface area contributed by atoms with Crippen molar-refractivity contribution in [1.82, 2.24) is 0 Å². The number of nitrogens with one attached hydrogen (secondary N) is 1. The third kappa shape index (κ3) is 6.46. The van der Waals surface area contributed by atoms with E-state index in [9.17, 15) is 0 Å². The smallest absolute Gasteiger partial charge is 0.102 e. The molecule has 1 aromatic carbocycles. The highest BCUT2D eigenvalue weighted by atomic mass is 79.9. The number of alkyl halides is 1. The fourth-order valence-electron chi connectivity index (χ4n) is 1.88. The summed E-state index contributed by atoms with van der Waals surface area (Å²) in [4.78, 5) is 4.48. The number of hydrogen-bond donors (Lipinski definition) is 2. The highest BCUT2D eigenvalue weighted by molar-refractivity contribution is 9.09. The van der Waals surface area contributed by atoms with E-state index in [0.29, 0.717) is 6.42 Å². The fraction of sp³-hybridized carbons (Fsp3) is 0.412. The number of halogens is 1. The first kappa shape index (κ1) is 18.0. The van der Waals surface area contributed by atoms with Gasteiger partial charge in [0.25, 0.3) is 0 Å². The van der Waals surface area contributed by atoms with Crippen LogP contribution < -0.4 is 5.32 Å². The van der Waals surface area contributed by atoms with Crippen molar-refractivity contribution in [2.24, 2.45) is 0 Å². The van der Waals surface area contributed by atoms with Gasteiger partial charge in [0.15, 0.2) is 0 Å². The van der Waals surface area contributed by atoms with Gasteiger partial charge in [0, 0.05) is 23.1 Å². The zero-order chi connectivity index (χ0) is 15.9. The molecule has 0 saturated carbocycles. The highest BCUT2D eigenvalue weighted by Gasteiger charge is 2.18. The number of hydrogen-bond acceptors (Lipinski definition) is 3. The first-order valence-corrected chi connectivity index (χ1v) is 8.08. The first-order chi connectivity index (χ1) is 9.88. The summed E-state index contributed by atoms with van der Waals surface area (Å²) >= 11 is 3.39. The van der Waals surface area contributed by atoms with Crippen LogP contribution in [0.5, 0.6) is 0 Å². The highest BCUT2D eigenvalue weighted by Crippen LogP contribution is 2.19. The second kappa shape index (κ2) is 8.37. The Hall–Kier alpha value is -1.10. The SMILES string of the molecule is CC(C)=C(/C=C\CBr)Nc1ccc(CC(C)(C)OO)cc1. The monoisotopic (exact) mass is 353 g/mol. The van der Waals surface area contributed by atoms with Crippen molar-refractivity contribution in [2.45, 2.75) is 39.7 Å². The molecule has 0 fully saturated rings. The fourth-order valence-corrected chi connectivity index (χ4v) is 2.07. The van der Waals surface area contributed by atoms with Crippen LogP contribution in [0.2, 0.25) is 0 Å². The van der Waals surface area contributed by atoms with Crippen LogP contribution in [-0.2, 0) is 11.3 Å². The molecule has 0 unspecified atom stereocenters. The summed E-state index contributed by atoms with van der Waals surface area (Å²) in [5.41, 5.74) is 3.91. The van der Waals surface area contributed by atoms with Crippen molar-refractivity contribution in [3.8, 4) is 0 Å². The zero-order valence-electron chi connectivity index (χ0n) is 13.1. The van der Waals surface area contributed by atoms with E-state index in [1.165, 1.54) is 5.57 Å². The van der Waals surface area contributed by atoms with Gasteiger partial charge in [-0.3, -0.25) is 5.26 Å². The van der Waals surface area contributed by atoms with E-state index in [-0.39, 0.29) is 0 Å². The van der Waals surface area contributed by atoms with E-state index in [1.54, 1.807) is 0 Å². The molecule has 0 aliphatic heterocycles. The van der Waals surface area contributed by atoms with Crippen LogP contribution in [0.25, 0.3) is 0 Å². The summed E-state index contributed by atoms with van der Waals surface area (Å²) in [5, 5.41) is 13.1. The second-order valence-electron chi connectivity index (χ2n) is 5.82. The van der Waals surface area contributed by atoms with Gasteiger partial charge in [0.1, 0.15) is 5.60 Å². The van der Waals surface area contributed by atoms with Crippen LogP contribution in [-0.4, -0.2) is 16.2 Å². The normalized spacial score (nSPS) is 11.7. The summed E-state index contributed by atoms with van der Waals surface area (Å²) in [6.07, 6.45) is 4.79. The summed E-state index contributed by atoms with van der Waals surface area (Å²) in [5.74, 6) is 0. The van der Waals surface area contributed by atoms with Crippen molar-refractivity contribution in [3.63, 3.8) is 0 Å². The van der Waals surface area contributed by atoms with Crippen LogP contribution in [0, 0.1) is 0 Å². The predicted molar refractivity (Wildman–Crippen MR) is 92.9 cm³/mol. The number of benzene rings is 1. The molecule has 4 heteroatoms. The lowest BCUT2D eigenvalue weighted by Gasteiger charge is -2.20. The lowest BCUT2D eigenvalue weighted by atomic mass is 9.98. The molecule has 1 rings (SSSR count). The molecule has 0 amide bonds. The molecule has 3 nitrogen and oxygen atoms in total. The molecule has 116 valence electrons. The molecule has 0 saturated heterocycles. The van der Waals surface area contributed by atoms with E-state index in [4.69, 9.17) is 5.26 Å². The van der Waals surface area contributed by atoms with E-state index in [2.05, 4.69) is 52.1 Å². The van der Waals surface area contributed by atoms with E-state index < -0.39 is 5.60 Å². The van der Waals surface area contributed by atoms with Gasteiger partial charge in [-0.25, -0.2) is 4.89 Å². The minimum Gasteiger partial charge on any atom is -0.356 e. The van der Waals surface area contributed by atoms with E-state index >= 15 is 0 Å². The van der Waals surface area contributed by atoms with Crippen LogP contribution in [0.4, 0.5) is 5.69 Å². The van der Waals surface area contributed by atoms with E-state index in [0.717, 1.165) is 22.3 Å². The average molecular weight is 354 g/mol. The molecule has 0 radical (unpaired) electrons. The molecular formula is C17H24BrNO2. The van der Waals surface area contributed by atoms with Gasteiger partial charge in [0.05, 0.1) is 0 Å². The average Bonchev–Trinajstić information content (AvgIpc) is 2.44. The quantitative estimate of drug-likeness (QED) is 0.308. The second-order valence-corrected chi connectivity index (χ2v) is 6.47. The van der Waals surface area contributed by atoms with Gasteiger partial charge in [-0.2, -0.15) is 0 Å². The van der Waals surface area contributed by atoms with Crippen LogP contribution in [0.1, 0.15) is 33.3 Å². The van der Waals surface area contributed by atoms with Crippen molar-refractivity contribution in [2.75, 3.05) is 10.6 Å². The van der Waals surface area contributed by atoms with Gasteiger partial charge in [-0.1, -0.05) is 39.7 Å². The van der Waals surface area contributed by atoms with Crippen LogP contribution in [0.15, 0.2) is 47.7 Å². The Morgan fingerprint density at radius 3 is 2.38 bits per heavy atom. The lowest BCUT2D eigenvalue weighted by molar-refractivity contribution is -0.312. The maximum atomic E-state index is 8.84. The van der Waals surface area contributed by atoms with Gasteiger partial charge in [-0.05, 0) is 51.5 Å².